The molecule has 25 heavy (non-hydrogen) atoms. The maximum atomic E-state index is 12.8. The topological polar surface area (TPSA) is 59.1 Å². The van der Waals surface area contributed by atoms with Gasteiger partial charge in [0, 0.05) is 43.4 Å². The average Bonchev–Trinajstić information content (AvgIpc) is 3.39. The fraction of sp³-hybridized carbons (Fsp3) is 0.556. The molecule has 1 aromatic carbocycles. The lowest BCUT2D eigenvalue weighted by atomic mass is 10.1. The number of carbonyl (C=O) groups excluding carboxylic acids is 2. The second kappa shape index (κ2) is 7.99. The Morgan fingerprint density at radius 3 is 2.72 bits per heavy atom. The lowest BCUT2D eigenvalue weighted by Crippen LogP contribution is -2.36. The highest BCUT2D eigenvalue weighted by atomic mass is 32.2. The van der Waals surface area contributed by atoms with Crippen LogP contribution in [0.2, 0.25) is 0 Å². The van der Waals surface area contributed by atoms with Crippen LogP contribution in [-0.2, 0) is 11.3 Å². The van der Waals surface area contributed by atoms with Crippen molar-refractivity contribution in [3.63, 3.8) is 0 Å². The van der Waals surface area contributed by atoms with Crippen LogP contribution in [0.3, 0.4) is 0 Å². The van der Waals surface area contributed by atoms with E-state index in [0.29, 0.717) is 25.6 Å². The number of carbonyl (C=O) groups is 2. The molecular weight excluding hydrogens is 340 g/mol. The lowest BCUT2D eigenvalue weighted by molar-refractivity contribution is -0.132. The number of benzene rings is 1. The Labute approximate surface area is 152 Å². The highest BCUT2D eigenvalue weighted by Crippen LogP contribution is 2.32. The zero-order chi connectivity index (χ0) is 17.8. The molecule has 2 fully saturated rings. The number of hydrogen-bond donors (Lipinski definition) is 0. The molecule has 1 saturated carbocycles. The molecule has 2 amide bonds. The van der Waals surface area contributed by atoms with Gasteiger partial charge in [0.2, 0.25) is 5.91 Å². The lowest BCUT2D eigenvalue weighted by Gasteiger charge is -2.25. The zero-order valence-corrected chi connectivity index (χ0v) is 15.5. The predicted molar refractivity (Wildman–Crippen MR) is 97.2 cm³/mol. The number of rotatable bonds is 8. The van der Waals surface area contributed by atoms with Crippen molar-refractivity contribution in [3.8, 4) is 11.5 Å². The molecule has 2 aliphatic rings. The first-order chi connectivity index (χ1) is 12.1. The predicted octanol–water partition coefficient (Wildman–Crippen LogP) is 2.75. The minimum absolute atomic E-state index is 0.0836. The summed E-state index contributed by atoms with van der Waals surface area (Å²) in [6.45, 7) is 1.75. The molecule has 136 valence electrons. The molecule has 1 aliphatic carbocycles. The van der Waals surface area contributed by atoms with Crippen LogP contribution in [0, 0.1) is 0 Å². The van der Waals surface area contributed by atoms with Crippen molar-refractivity contribution in [1.82, 2.24) is 9.80 Å². The van der Waals surface area contributed by atoms with Gasteiger partial charge in [0.05, 0.1) is 14.2 Å². The van der Waals surface area contributed by atoms with Crippen LogP contribution in [0.4, 0.5) is 4.79 Å². The number of thioether (sulfide) groups is 1. The van der Waals surface area contributed by atoms with Crippen LogP contribution in [0.1, 0.15) is 24.8 Å². The van der Waals surface area contributed by atoms with Crippen LogP contribution in [0.25, 0.3) is 0 Å². The highest BCUT2D eigenvalue weighted by molar-refractivity contribution is 8.13. The van der Waals surface area contributed by atoms with Gasteiger partial charge in [0.15, 0.2) is 0 Å². The standard InChI is InChI=1S/C18H24N2O4S/c1-23-15-5-6-16(24-2)13(11-15)12-20(14-3-4-14)17(21)7-8-19-9-10-25-18(19)22/h5-6,11,14H,3-4,7-10,12H2,1-2H3. The third-order valence-corrected chi connectivity index (χ3v) is 5.47. The van der Waals surface area contributed by atoms with Crippen LogP contribution in [0.5, 0.6) is 11.5 Å². The molecule has 7 heteroatoms. The molecule has 0 unspecified atom stereocenters. The summed E-state index contributed by atoms with van der Waals surface area (Å²) in [6, 6.07) is 5.93. The summed E-state index contributed by atoms with van der Waals surface area (Å²) in [7, 11) is 3.26. The van der Waals surface area contributed by atoms with Crippen molar-refractivity contribution in [2.75, 3.05) is 33.1 Å². The van der Waals surface area contributed by atoms with E-state index in [-0.39, 0.29) is 11.1 Å². The monoisotopic (exact) mass is 364 g/mol. The molecule has 0 bridgehead atoms. The van der Waals surface area contributed by atoms with E-state index in [1.54, 1.807) is 19.1 Å². The summed E-state index contributed by atoms with van der Waals surface area (Å²) < 4.78 is 10.7. The number of nitrogens with zero attached hydrogens (tertiary/aromatic N) is 2. The van der Waals surface area contributed by atoms with Crippen LogP contribution in [-0.4, -0.2) is 60.1 Å². The maximum Gasteiger partial charge on any atom is 0.281 e. The molecule has 1 aliphatic heterocycles. The molecule has 0 atom stereocenters. The van der Waals surface area contributed by atoms with Gasteiger partial charge in [-0.25, -0.2) is 0 Å². The Hall–Kier alpha value is -1.89. The first-order valence-electron chi connectivity index (χ1n) is 8.54. The fourth-order valence-electron chi connectivity index (χ4n) is 3.00. The van der Waals surface area contributed by atoms with Crippen molar-refractivity contribution in [1.29, 1.82) is 0 Å². The second-order valence-electron chi connectivity index (χ2n) is 6.28. The van der Waals surface area contributed by atoms with Gasteiger partial charge in [0.1, 0.15) is 11.5 Å². The van der Waals surface area contributed by atoms with Crippen molar-refractivity contribution in [3.05, 3.63) is 23.8 Å². The molecular formula is C18H24N2O4S. The molecule has 1 saturated heterocycles. The fourth-order valence-corrected chi connectivity index (χ4v) is 3.85. The summed E-state index contributed by atoms with van der Waals surface area (Å²) in [6.07, 6.45) is 2.45. The molecule has 6 nitrogen and oxygen atoms in total. The molecule has 3 rings (SSSR count). The Morgan fingerprint density at radius 2 is 2.12 bits per heavy atom. The van der Waals surface area contributed by atoms with Crippen LogP contribution >= 0.6 is 11.8 Å². The Morgan fingerprint density at radius 1 is 1.32 bits per heavy atom. The van der Waals surface area contributed by atoms with Gasteiger partial charge < -0.3 is 19.3 Å². The highest BCUT2D eigenvalue weighted by Gasteiger charge is 2.33. The normalized spacial score (nSPS) is 16.9. The number of amides is 2. The summed E-state index contributed by atoms with van der Waals surface area (Å²) in [5.74, 6) is 2.42. The number of hydrogen-bond acceptors (Lipinski definition) is 5. The third-order valence-electron chi connectivity index (χ3n) is 4.58. The van der Waals surface area contributed by atoms with Gasteiger partial charge in [-0.3, -0.25) is 9.59 Å². The van der Waals surface area contributed by atoms with E-state index in [2.05, 4.69) is 0 Å². The van der Waals surface area contributed by atoms with Crippen LogP contribution < -0.4 is 9.47 Å². The van der Waals surface area contributed by atoms with E-state index in [1.165, 1.54) is 11.8 Å². The van der Waals surface area contributed by atoms with Gasteiger partial charge in [-0.2, -0.15) is 0 Å². The molecule has 0 radical (unpaired) electrons. The Bertz CT molecular complexity index is 648. The molecule has 1 heterocycles. The number of ether oxygens (including phenoxy) is 2. The van der Waals surface area contributed by atoms with E-state index in [4.69, 9.17) is 9.47 Å². The minimum atomic E-state index is 0.0836. The van der Waals surface area contributed by atoms with Crippen molar-refractivity contribution < 1.29 is 19.1 Å². The summed E-state index contributed by atoms with van der Waals surface area (Å²) in [5.41, 5.74) is 0.940. The van der Waals surface area contributed by atoms with E-state index in [9.17, 15) is 9.59 Å². The molecule has 0 N–H and O–H groups in total. The second-order valence-corrected chi connectivity index (χ2v) is 7.33. The maximum absolute atomic E-state index is 12.8. The number of methoxy groups -OCH3 is 2. The largest absolute Gasteiger partial charge is 0.497 e. The Kier molecular flexibility index (Phi) is 5.73. The van der Waals surface area contributed by atoms with Crippen molar-refractivity contribution in [2.24, 2.45) is 0 Å². The molecule has 0 aromatic heterocycles. The van der Waals surface area contributed by atoms with Gasteiger partial charge >= 0.3 is 0 Å². The van der Waals surface area contributed by atoms with Crippen LogP contribution in [0.15, 0.2) is 18.2 Å². The molecule has 1 aromatic rings. The average molecular weight is 364 g/mol. The third kappa shape index (κ3) is 4.39. The van der Waals surface area contributed by atoms with E-state index >= 15 is 0 Å². The van der Waals surface area contributed by atoms with Crippen molar-refractivity contribution in [2.45, 2.75) is 31.8 Å². The molecule has 0 spiro atoms. The van der Waals surface area contributed by atoms with Gasteiger partial charge in [-0.1, -0.05) is 11.8 Å². The minimum Gasteiger partial charge on any atom is -0.497 e. The summed E-state index contributed by atoms with van der Waals surface area (Å²) in [4.78, 5) is 28.1. The first kappa shape index (κ1) is 17.9. The Balaban J connectivity index is 1.67. The SMILES string of the molecule is COc1ccc(OC)c(CN(C(=O)CCN2CCSC2=O)C2CC2)c1. The van der Waals surface area contributed by atoms with Gasteiger partial charge in [-0.15, -0.1) is 0 Å². The van der Waals surface area contributed by atoms with Gasteiger partial charge in [-0.05, 0) is 31.0 Å². The van der Waals surface area contributed by atoms with E-state index in [0.717, 1.165) is 42.2 Å². The first-order valence-corrected chi connectivity index (χ1v) is 9.53. The summed E-state index contributed by atoms with van der Waals surface area (Å²) >= 11 is 1.33. The van der Waals surface area contributed by atoms with Crippen molar-refractivity contribution >= 4 is 22.9 Å². The quantitative estimate of drug-likeness (QED) is 0.710. The van der Waals surface area contributed by atoms with E-state index < -0.39 is 0 Å². The smallest absolute Gasteiger partial charge is 0.281 e. The zero-order valence-electron chi connectivity index (χ0n) is 14.7. The van der Waals surface area contributed by atoms with E-state index in [1.807, 2.05) is 23.1 Å². The summed E-state index contributed by atoms with van der Waals surface area (Å²) in [5, 5.41) is 0.0836. The van der Waals surface area contributed by atoms with Gasteiger partial charge in [0.25, 0.3) is 5.24 Å².